The van der Waals surface area contributed by atoms with Crippen molar-refractivity contribution >= 4 is 29.4 Å². The van der Waals surface area contributed by atoms with Gasteiger partial charge in [0.2, 0.25) is 0 Å². The molecule has 0 bridgehead atoms. The van der Waals surface area contributed by atoms with E-state index >= 15 is 0 Å². The molecule has 0 saturated carbocycles. The lowest BCUT2D eigenvalue weighted by Crippen LogP contribution is -2.27. The van der Waals surface area contributed by atoms with Crippen molar-refractivity contribution < 1.29 is 0 Å². The number of aromatic nitrogens is 1. The summed E-state index contributed by atoms with van der Waals surface area (Å²) in [6, 6.07) is 0. The summed E-state index contributed by atoms with van der Waals surface area (Å²) < 4.78 is 1.44. The number of hydrogen-bond acceptors (Lipinski definition) is 2. The number of thiazole rings is 1. The number of nitrogens with zero attached hydrogens (tertiary/aromatic N) is 1. The molecule has 0 radical (unpaired) electrons. The first kappa shape index (κ1) is 8.26. The lowest BCUT2D eigenvalue weighted by molar-refractivity contribution is 1.31. The highest BCUT2D eigenvalue weighted by Gasteiger charge is 2.17. The topological polar surface area (TPSA) is 12.9 Å². The normalized spacial score (nSPS) is 9.80. The number of rotatable bonds is 3. The van der Waals surface area contributed by atoms with Crippen LogP contribution in [0.25, 0.3) is 0 Å². The monoisotopic (exact) mass is 169 g/mol. The van der Waals surface area contributed by atoms with Crippen molar-refractivity contribution in [2.45, 2.75) is 24.4 Å². The van der Waals surface area contributed by atoms with Crippen LogP contribution in [0.4, 0.5) is 0 Å². The van der Waals surface area contributed by atoms with Crippen LogP contribution in [0.5, 0.6) is 0 Å². The lowest BCUT2D eigenvalue weighted by Gasteiger charge is -1.98. The molecular formula is C7H12AlNS. The Kier molecular flexibility index (Phi) is 3.41. The Bertz CT molecular complexity index is 170. The Labute approximate surface area is 70.5 Å². The van der Waals surface area contributed by atoms with E-state index in [-0.39, 0.29) is 0 Å². The smallest absolute Gasteiger partial charge is 0.269 e. The molecule has 0 amide bonds. The van der Waals surface area contributed by atoms with E-state index in [0.29, 0.717) is 0 Å². The van der Waals surface area contributed by atoms with Gasteiger partial charge in [-0.1, -0.05) is 24.4 Å². The van der Waals surface area contributed by atoms with Gasteiger partial charge in [-0.05, 0) is 0 Å². The summed E-state index contributed by atoms with van der Waals surface area (Å²) in [4.78, 5) is 4.34. The first-order valence-electron chi connectivity index (χ1n) is 3.77. The second kappa shape index (κ2) is 4.13. The van der Waals surface area contributed by atoms with E-state index in [0.717, 1.165) is 0 Å². The van der Waals surface area contributed by atoms with Crippen LogP contribution in [-0.2, 0) is 0 Å². The predicted octanol–water partition coefficient (Wildman–Crippen LogP) is 1.88. The van der Waals surface area contributed by atoms with Crippen LogP contribution in [0.2, 0.25) is 10.6 Å². The fourth-order valence-electron chi connectivity index (χ4n) is 1.07. The van der Waals surface area contributed by atoms with Crippen molar-refractivity contribution in [3.05, 3.63) is 11.6 Å². The van der Waals surface area contributed by atoms with Crippen LogP contribution < -0.4 is 3.87 Å². The maximum absolute atomic E-state index is 4.34. The zero-order chi connectivity index (χ0) is 7.40. The summed E-state index contributed by atoms with van der Waals surface area (Å²) in [5.74, 6) is 0. The van der Waals surface area contributed by atoms with Crippen molar-refractivity contribution in [1.29, 1.82) is 0 Å². The Hall–Kier alpha value is 0.162. The van der Waals surface area contributed by atoms with E-state index in [9.17, 15) is 0 Å². The molecule has 10 heavy (non-hydrogen) atoms. The van der Waals surface area contributed by atoms with E-state index in [1.54, 1.807) is 0 Å². The predicted molar refractivity (Wildman–Crippen MR) is 48.5 cm³/mol. The van der Waals surface area contributed by atoms with E-state index in [4.69, 9.17) is 0 Å². The lowest BCUT2D eigenvalue weighted by atomic mass is 10.9. The maximum atomic E-state index is 4.34. The molecule has 54 valence electrons. The summed E-state index contributed by atoms with van der Waals surface area (Å²) >= 11 is 1.24. The van der Waals surface area contributed by atoms with Gasteiger partial charge in [-0.3, -0.25) is 4.98 Å². The van der Waals surface area contributed by atoms with Crippen molar-refractivity contribution in [1.82, 2.24) is 4.98 Å². The highest BCUT2D eigenvalue weighted by molar-refractivity contribution is 7.21. The average molecular weight is 169 g/mol. The van der Waals surface area contributed by atoms with Gasteiger partial charge >= 0.3 is 14.1 Å². The first-order valence-corrected chi connectivity index (χ1v) is 6.86. The van der Waals surface area contributed by atoms with Crippen molar-refractivity contribution in [2.75, 3.05) is 0 Å². The molecule has 0 spiro atoms. The van der Waals surface area contributed by atoms with Gasteiger partial charge in [0.15, 0.2) is 0 Å². The Morgan fingerprint density at radius 2 is 2.20 bits per heavy atom. The van der Waals surface area contributed by atoms with Crippen LogP contribution in [0.3, 0.4) is 0 Å². The summed E-state index contributed by atoms with van der Waals surface area (Å²) in [5, 5.41) is 4.79. The molecule has 0 aliphatic rings. The fraction of sp³-hybridized carbons (Fsp3) is 0.571. The van der Waals surface area contributed by atoms with Crippen LogP contribution in [-0.4, -0.2) is 19.1 Å². The molecule has 1 aromatic rings. The zero-order valence-electron chi connectivity index (χ0n) is 6.50. The zero-order valence-corrected chi connectivity index (χ0v) is 8.47. The minimum absolute atomic E-state index is 0.594. The highest BCUT2D eigenvalue weighted by Crippen LogP contribution is 2.01. The average Bonchev–Trinajstić information content (AvgIpc) is 2.43. The van der Waals surface area contributed by atoms with E-state index in [2.05, 4.69) is 24.2 Å². The van der Waals surface area contributed by atoms with E-state index in [1.807, 2.05) is 17.5 Å². The summed E-state index contributed by atoms with van der Waals surface area (Å²) in [7, 11) is 0. The van der Waals surface area contributed by atoms with Gasteiger partial charge in [0.05, 0.1) is 0 Å². The molecule has 0 aliphatic carbocycles. The van der Waals surface area contributed by atoms with Crippen molar-refractivity contribution in [3.8, 4) is 0 Å². The van der Waals surface area contributed by atoms with Gasteiger partial charge in [0.1, 0.15) is 0 Å². The Morgan fingerprint density at radius 1 is 1.50 bits per heavy atom. The SMILES string of the molecule is C[CH2][Al]([CH2]C)[c]1nccs1. The minimum Gasteiger partial charge on any atom is -0.269 e. The van der Waals surface area contributed by atoms with Crippen LogP contribution in [0.1, 0.15) is 13.8 Å². The third-order valence-corrected chi connectivity index (χ3v) is 6.62. The van der Waals surface area contributed by atoms with Gasteiger partial charge in [0, 0.05) is 15.4 Å². The minimum atomic E-state index is -0.594. The number of hydrogen-bond donors (Lipinski definition) is 0. The Morgan fingerprint density at radius 3 is 2.60 bits per heavy atom. The van der Waals surface area contributed by atoms with Gasteiger partial charge < -0.3 is 0 Å². The van der Waals surface area contributed by atoms with Crippen molar-refractivity contribution in [2.24, 2.45) is 0 Å². The molecule has 0 fully saturated rings. The molecule has 0 aliphatic heterocycles. The molecular weight excluding hydrogens is 157 g/mol. The van der Waals surface area contributed by atoms with Gasteiger partial charge in [-0.15, -0.1) is 11.3 Å². The summed E-state index contributed by atoms with van der Waals surface area (Å²) in [6.07, 6.45) is 1.92. The standard InChI is InChI=1S/C3H2NS.2C2H5.Al/c1-2-5-3-4-1;2*1-2;/h1-2H;2*1H2,2H3;. The molecule has 0 saturated heterocycles. The largest absolute Gasteiger partial charge is 0.353 e. The molecule has 1 aromatic heterocycles. The second-order valence-corrected chi connectivity index (χ2v) is 7.30. The van der Waals surface area contributed by atoms with Gasteiger partial charge in [-0.25, -0.2) is 0 Å². The third-order valence-electron chi connectivity index (χ3n) is 1.79. The second-order valence-electron chi connectivity index (χ2n) is 2.38. The highest BCUT2D eigenvalue weighted by atomic mass is 32.1. The van der Waals surface area contributed by atoms with Crippen molar-refractivity contribution in [3.63, 3.8) is 0 Å². The molecule has 0 unspecified atom stereocenters. The van der Waals surface area contributed by atoms with E-state index < -0.39 is 14.1 Å². The molecule has 0 N–H and O–H groups in total. The van der Waals surface area contributed by atoms with Crippen LogP contribution in [0.15, 0.2) is 11.6 Å². The molecule has 1 nitrogen and oxygen atoms in total. The first-order chi connectivity index (χ1) is 4.88. The molecule has 0 atom stereocenters. The molecule has 1 rings (SSSR count). The van der Waals surface area contributed by atoms with Crippen LogP contribution in [0, 0.1) is 0 Å². The maximum Gasteiger partial charge on any atom is 0.353 e. The van der Waals surface area contributed by atoms with E-state index in [1.165, 1.54) is 14.4 Å². The summed E-state index contributed by atoms with van der Waals surface area (Å²) in [6.45, 7) is 4.56. The fourth-order valence-corrected chi connectivity index (χ4v) is 5.04. The molecule has 3 heteroatoms. The summed E-state index contributed by atoms with van der Waals surface area (Å²) in [5.41, 5.74) is 0. The molecule has 1 heterocycles. The Balaban J connectivity index is 2.64. The third kappa shape index (κ3) is 1.82. The van der Waals surface area contributed by atoms with Gasteiger partial charge in [-0.2, -0.15) is 0 Å². The van der Waals surface area contributed by atoms with Crippen LogP contribution >= 0.6 is 11.3 Å². The molecule has 0 aromatic carbocycles. The van der Waals surface area contributed by atoms with Gasteiger partial charge in [0.25, 0.3) is 0 Å². The quantitative estimate of drug-likeness (QED) is 0.630.